The molecule has 0 aromatic carbocycles. The monoisotopic (exact) mass is 282 g/mol. The van der Waals surface area contributed by atoms with Crippen molar-refractivity contribution in [1.82, 2.24) is 10.2 Å². The molecule has 2 rings (SSSR count). The van der Waals surface area contributed by atoms with E-state index in [9.17, 15) is 5.11 Å². The lowest BCUT2D eigenvalue weighted by atomic mass is 10.1. The van der Waals surface area contributed by atoms with Crippen LogP contribution in [0, 0.1) is 0 Å². The van der Waals surface area contributed by atoms with E-state index in [-0.39, 0.29) is 6.10 Å². The lowest BCUT2D eigenvalue weighted by molar-refractivity contribution is 0.0820. The summed E-state index contributed by atoms with van der Waals surface area (Å²) in [7, 11) is 0. The van der Waals surface area contributed by atoms with Gasteiger partial charge in [0.05, 0.1) is 6.10 Å². The van der Waals surface area contributed by atoms with E-state index in [4.69, 9.17) is 0 Å². The number of aliphatic hydroxyl groups is 1. The number of hydrogen-bond acceptors (Lipinski definition) is 4. The minimum atomic E-state index is -0.0555. The molecule has 4 heteroatoms. The maximum Gasteiger partial charge on any atom is 0.0564 e. The van der Waals surface area contributed by atoms with Crippen molar-refractivity contribution in [1.29, 1.82) is 0 Å². The molecule has 0 radical (unpaired) electrons. The molecule has 1 aliphatic heterocycles. The Kier molecular flexibility index (Phi) is 6.31. The minimum absolute atomic E-state index is 0.0555. The second-order valence-electron chi connectivity index (χ2n) is 5.62. The van der Waals surface area contributed by atoms with Gasteiger partial charge in [0, 0.05) is 19.1 Å². The average Bonchev–Trinajstić information content (AvgIpc) is 2.89. The summed E-state index contributed by atoms with van der Waals surface area (Å²) < 4.78 is 0. The zero-order valence-corrected chi connectivity index (χ0v) is 12.7. The summed E-state index contributed by atoms with van der Waals surface area (Å²) in [6.45, 7) is 6.63. The standard InChI is InChI=1S/C15H26N2OS/c1-13(11-14-5-10-19-12-14)16-6-2-7-17-8-3-15(18)4-9-17/h5,10,12-13,15-16,18H,2-4,6-9,11H2,1H3. The van der Waals surface area contributed by atoms with Crippen molar-refractivity contribution in [3.05, 3.63) is 22.4 Å². The third-order valence-electron chi connectivity index (χ3n) is 3.82. The van der Waals surface area contributed by atoms with E-state index in [0.29, 0.717) is 6.04 Å². The van der Waals surface area contributed by atoms with E-state index in [1.165, 1.54) is 12.0 Å². The van der Waals surface area contributed by atoms with E-state index in [2.05, 4.69) is 34.0 Å². The van der Waals surface area contributed by atoms with E-state index < -0.39 is 0 Å². The van der Waals surface area contributed by atoms with Gasteiger partial charge in [0.15, 0.2) is 0 Å². The summed E-state index contributed by atoms with van der Waals surface area (Å²) in [5, 5.41) is 17.4. The first kappa shape index (κ1) is 15.0. The Morgan fingerprint density at radius 1 is 1.47 bits per heavy atom. The largest absolute Gasteiger partial charge is 0.393 e. The smallest absolute Gasteiger partial charge is 0.0564 e. The van der Waals surface area contributed by atoms with Gasteiger partial charge in [0.2, 0.25) is 0 Å². The maximum atomic E-state index is 9.46. The molecule has 108 valence electrons. The van der Waals surface area contributed by atoms with Crippen LogP contribution >= 0.6 is 11.3 Å². The molecule has 2 N–H and O–H groups in total. The molecular weight excluding hydrogens is 256 g/mol. The van der Waals surface area contributed by atoms with Crippen LogP contribution in [0.4, 0.5) is 0 Å². The number of piperidine rings is 1. The Labute approximate surface area is 120 Å². The quantitative estimate of drug-likeness (QED) is 0.752. The van der Waals surface area contributed by atoms with Crippen molar-refractivity contribution in [3.63, 3.8) is 0 Å². The fourth-order valence-electron chi connectivity index (χ4n) is 2.63. The van der Waals surface area contributed by atoms with Crippen LogP contribution in [0.3, 0.4) is 0 Å². The molecule has 1 fully saturated rings. The van der Waals surface area contributed by atoms with Crippen molar-refractivity contribution in [2.45, 2.75) is 44.8 Å². The van der Waals surface area contributed by atoms with E-state index in [0.717, 1.165) is 45.4 Å². The molecule has 1 saturated heterocycles. The first-order valence-corrected chi connectivity index (χ1v) is 8.33. The maximum absolute atomic E-state index is 9.46. The number of aliphatic hydroxyl groups excluding tert-OH is 1. The van der Waals surface area contributed by atoms with Gasteiger partial charge in [-0.2, -0.15) is 11.3 Å². The summed E-state index contributed by atoms with van der Waals surface area (Å²) in [6, 6.07) is 2.76. The summed E-state index contributed by atoms with van der Waals surface area (Å²) in [4.78, 5) is 2.47. The second kappa shape index (κ2) is 8.00. The van der Waals surface area contributed by atoms with Crippen LogP contribution in [0.15, 0.2) is 16.8 Å². The van der Waals surface area contributed by atoms with Crippen molar-refractivity contribution in [2.24, 2.45) is 0 Å². The molecule has 3 nitrogen and oxygen atoms in total. The summed E-state index contributed by atoms with van der Waals surface area (Å²) >= 11 is 1.77. The Bertz CT molecular complexity index is 334. The normalized spacial score (nSPS) is 19.7. The van der Waals surface area contributed by atoms with Gasteiger partial charge in [0.25, 0.3) is 0 Å². The molecular formula is C15H26N2OS. The first-order chi connectivity index (χ1) is 9.24. The van der Waals surface area contributed by atoms with Crippen molar-refractivity contribution in [3.8, 4) is 0 Å². The molecule has 0 aliphatic carbocycles. The van der Waals surface area contributed by atoms with Gasteiger partial charge in [-0.3, -0.25) is 0 Å². The SMILES string of the molecule is CC(Cc1ccsc1)NCCCN1CCC(O)CC1. The van der Waals surface area contributed by atoms with E-state index >= 15 is 0 Å². The highest BCUT2D eigenvalue weighted by molar-refractivity contribution is 7.07. The number of likely N-dealkylation sites (tertiary alicyclic amines) is 1. The highest BCUT2D eigenvalue weighted by Crippen LogP contribution is 2.10. The molecule has 1 unspecified atom stereocenters. The van der Waals surface area contributed by atoms with Gasteiger partial charge in [-0.05, 0) is 68.1 Å². The Hall–Kier alpha value is -0.420. The molecule has 0 bridgehead atoms. The highest BCUT2D eigenvalue weighted by Gasteiger charge is 2.16. The minimum Gasteiger partial charge on any atom is -0.393 e. The van der Waals surface area contributed by atoms with Crippen molar-refractivity contribution in [2.75, 3.05) is 26.2 Å². The van der Waals surface area contributed by atoms with E-state index in [1.807, 2.05) is 0 Å². The van der Waals surface area contributed by atoms with Gasteiger partial charge < -0.3 is 15.3 Å². The fraction of sp³-hybridized carbons (Fsp3) is 0.733. The van der Waals surface area contributed by atoms with Crippen molar-refractivity contribution >= 4 is 11.3 Å². The van der Waals surface area contributed by atoms with E-state index in [1.54, 1.807) is 11.3 Å². The Morgan fingerprint density at radius 2 is 2.26 bits per heavy atom. The van der Waals surface area contributed by atoms with Crippen LogP contribution in [0.2, 0.25) is 0 Å². The number of nitrogens with zero attached hydrogens (tertiary/aromatic N) is 1. The molecule has 2 heterocycles. The van der Waals surface area contributed by atoms with Crippen molar-refractivity contribution < 1.29 is 5.11 Å². The molecule has 0 amide bonds. The van der Waals surface area contributed by atoms with Crippen LogP contribution in [0.1, 0.15) is 31.7 Å². The third-order valence-corrected chi connectivity index (χ3v) is 4.56. The van der Waals surface area contributed by atoms with Gasteiger partial charge in [-0.15, -0.1) is 0 Å². The summed E-state index contributed by atoms with van der Waals surface area (Å²) in [5.74, 6) is 0. The molecule has 1 atom stereocenters. The average molecular weight is 282 g/mol. The molecule has 1 aromatic heterocycles. The molecule has 1 aromatic rings. The molecule has 0 spiro atoms. The van der Waals surface area contributed by atoms with Crippen LogP contribution in [0.5, 0.6) is 0 Å². The fourth-order valence-corrected chi connectivity index (χ4v) is 3.31. The number of rotatable bonds is 7. The predicted molar refractivity (Wildman–Crippen MR) is 81.8 cm³/mol. The number of hydrogen-bond donors (Lipinski definition) is 2. The lowest BCUT2D eigenvalue weighted by Crippen LogP contribution is -2.38. The second-order valence-corrected chi connectivity index (χ2v) is 6.40. The predicted octanol–water partition coefficient (Wildman–Crippen LogP) is 2.12. The number of nitrogens with one attached hydrogen (secondary N) is 1. The zero-order chi connectivity index (χ0) is 13.5. The summed E-state index contributed by atoms with van der Waals surface area (Å²) in [6.07, 6.45) is 4.16. The molecule has 1 aliphatic rings. The summed E-state index contributed by atoms with van der Waals surface area (Å²) in [5.41, 5.74) is 1.44. The van der Waals surface area contributed by atoms with Gasteiger partial charge in [-0.25, -0.2) is 0 Å². The molecule has 19 heavy (non-hydrogen) atoms. The van der Waals surface area contributed by atoms with Gasteiger partial charge >= 0.3 is 0 Å². The Morgan fingerprint density at radius 3 is 2.95 bits per heavy atom. The van der Waals surface area contributed by atoms with Crippen LogP contribution in [0.25, 0.3) is 0 Å². The van der Waals surface area contributed by atoms with Crippen LogP contribution in [-0.4, -0.2) is 48.3 Å². The molecule has 0 saturated carbocycles. The topological polar surface area (TPSA) is 35.5 Å². The zero-order valence-electron chi connectivity index (χ0n) is 11.8. The van der Waals surface area contributed by atoms with Gasteiger partial charge in [-0.1, -0.05) is 0 Å². The number of thiophene rings is 1. The van der Waals surface area contributed by atoms with Crippen LogP contribution in [-0.2, 0) is 6.42 Å². The lowest BCUT2D eigenvalue weighted by Gasteiger charge is -2.29. The first-order valence-electron chi connectivity index (χ1n) is 7.39. The highest BCUT2D eigenvalue weighted by atomic mass is 32.1. The van der Waals surface area contributed by atoms with Gasteiger partial charge in [0.1, 0.15) is 0 Å². The third kappa shape index (κ3) is 5.61. The van der Waals surface area contributed by atoms with Crippen LogP contribution < -0.4 is 5.32 Å². The Balaban J connectivity index is 1.52.